The summed E-state index contributed by atoms with van der Waals surface area (Å²) in [5.74, 6) is 0.399. The molecule has 0 aliphatic heterocycles. The fourth-order valence-electron chi connectivity index (χ4n) is 1.75. The summed E-state index contributed by atoms with van der Waals surface area (Å²) in [6.45, 7) is 2.28. The Bertz CT molecular complexity index is 549. The second-order valence-corrected chi connectivity index (χ2v) is 3.86. The Balaban J connectivity index is 2.42. The number of halogens is 3. The topological polar surface area (TPSA) is 22.1 Å². The third kappa shape index (κ3) is 3.05. The van der Waals surface area contributed by atoms with Crippen LogP contribution in [0.15, 0.2) is 42.6 Å². The number of hydrogen-bond acceptors (Lipinski definition) is 2. The van der Waals surface area contributed by atoms with Gasteiger partial charge in [0, 0.05) is 17.8 Å². The SMILES string of the molecule is CCOc1ccc(-c2ccccc2C(F)(F)F)cn1. The van der Waals surface area contributed by atoms with Crippen LogP contribution in [0, 0.1) is 0 Å². The average Bonchev–Trinajstić information content (AvgIpc) is 2.39. The molecule has 5 heteroatoms. The molecule has 0 radical (unpaired) electrons. The average molecular weight is 267 g/mol. The predicted octanol–water partition coefficient (Wildman–Crippen LogP) is 4.17. The van der Waals surface area contributed by atoms with E-state index in [-0.39, 0.29) is 5.56 Å². The van der Waals surface area contributed by atoms with E-state index in [2.05, 4.69) is 4.98 Å². The van der Waals surface area contributed by atoms with E-state index in [9.17, 15) is 13.2 Å². The van der Waals surface area contributed by atoms with Gasteiger partial charge in [0.05, 0.1) is 12.2 Å². The summed E-state index contributed by atoms with van der Waals surface area (Å²) in [5.41, 5.74) is -0.136. The zero-order valence-corrected chi connectivity index (χ0v) is 10.2. The lowest BCUT2D eigenvalue weighted by atomic mass is 10.0. The fraction of sp³-hybridized carbons (Fsp3) is 0.214. The third-order valence-corrected chi connectivity index (χ3v) is 2.57. The number of alkyl halides is 3. The van der Waals surface area contributed by atoms with Crippen molar-refractivity contribution in [1.82, 2.24) is 4.98 Å². The Morgan fingerprint density at radius 2 is 1.84 bits per heavy atom. The highest BCUT2D eigenvalue weighted by Crippen LogP contribution is 2.36. The summed E-state index contributed by atoms with van der Waals surface area (Å²) in [6, 6.07) is 8.57. The second-order valence-electron chi connectivity index (χ2n) is 3.86. The lowest BCUT2D eigenvalue weighted by Gasteiger charge is -2.12. The first-order valence-electron chi connectivity index (χ1n) is 5.78. The molecule has 0 saturated carbocycles. The Kier molecular flexibility index (Phi) is 3.74. The summed E-state index contributed by atoms with van der Waals surface area (Å²) in [7, 11) is 0. The van der Waals surface area contributed by atoms with Crippen LogP contribution in [-0.4, -0.2) is 11.6 Å². The molecule has 0 bridgehead atoms. The molecule has 2 aromatic rings. The van der Waals surface area contributed by atoms with E-state index < -0.39 is 11.7 Å². The van der Waals surface area contributed by atoms with Gasteiger partial charge in [0.2, 0.25) is 5.88 Å². The van der Waals surface area contributed by atoms with Gasteiger partial charge in [-0.1, -0.05) is 18.2 Å². The third-order valence-electron chi connectivity index (χ3n) is 2.57. The fourth-order valence-corrected chi connectivity index (χ4v) is 1.75. The van der Waals surface area contributed by atoms with Crippen molar-refractivity contribution in [3.05, 3.63) is 48.2 Å². The zero-order chi connectivity index (χ0) is 13.9. The maximum Gasteiger partial charge on any atom is 0.417 e. The van der Waals surface area contributed by atoms with Gasteiger partial charge in [-0.15, -0.1) is 0 Å². The van der Waals surface area contributed by atoms with E-state index in [1.807, 2.05) is 6.92 Å². The molecular formula is C14H12F3NO. The first kappa shape index (κ1) is 13.4. The Morgan fingerprint density at radius 1 is 1.11 bits per heavy atom. The number of pyridine rings is 1. The lowest BCUT2D eigenvalue weighted by Crippen LogP contribution is -2.07. The predicted molar refractivity (Wildman–Crippen MR) is 65.8 cm³/mol. The summed E-state index contributed by atoms with van der Waals surface area (Å²) < 4.78 is 43.8. The van der Waals surface area contributed by atoms with Crippen LogP contribution >= 0.6 is 0 Å². The molecule has 0 N–H and O–H groups in total. The molecule has 19 heavy (non-hydrogen) atoms. The quantitative estimate of drug-likeness (QED) is 0.832. The van der Waals surface area contributed by atoms with Gasteiger partial charge in [0.25, 0.3) is 0 Å². The molecule has 0 amide bonds. The Labute approximate surface area is 108 Å². The summed E-state index contributed by atoms with van der Waals surface area (Å²) >= 11 is 0. The molecule has 0 aliphatic rings. The van der Waals surface area contributed by atoms with E-state index >= 15 is 0 Å². The van der Waals surface area contributed by atoms with Crippen molar-refractivity contribution in [2.45, 2.75) is 13.1 Å². The van der Waals surface area contributed by atoms with Gasteiger partial charge in [-0.3, -0.25) is 0 Å². The van der Waals surface area contributed by atoms with Crippen molar-refractivity contribution in [3.63, 3.8) is 0 Å². The molecule has 1 aromatic heterocycles. The van der Waals surface area contributed by atoms with Crippen LogP contribution in [0.25, 0.3) is 11.1 Å². The lowest BCUT2D eigenvalue weighted by molar-refractivity contribution is -0.137. The maximum absolute atomic E-state index is 12.9. The van der Waals surface area contributed by atoms with Gasteiger partial charge in [-0.05, 0) is 24.6 Å². The van der Waals surface area contributed by atoms with Crippen LogP contribution < -0.4 is 4.74 Å². The molecule has 0 spiro atoms. The van der Waals surface area contributed by atoms with Crippen molar-refractivity contribution in [2.75, 3.05) is 6.61 Å². The van der Waals surface area contributed by atoms with Crippen molar-refractivity contribution < 1.29 is 17.9 Å². The van der Waals surface area contributed by atoms with E-state index in [4.69, 9.17) is 4.74 Å². The highest BCUT2D eigenvalue weighted by atomic mass is 19.4. The number of aromatic nitrogens is 1. The van der Waals surface area contributed by atoms with E-state index in [1.165, 1.54) is 18.3 Å². The molecule has 1 heterocycles. The van der Waals surface area contributed by atoms with E-state index in [0.717, 1.165) is 6.07 Å². The van der Waals surface area contributed by atoms with Crippen LogP contribution in [0.1, 0.15) is 12.5 Å². The minimum absolute atomic E-state index is 0.116. The minimum Gasteiger partial charge on any atom is -0.478 e. The highest BCUT2D eigenvalue weighted by molar-refractivity contribution is 5.67. The highest BCUT2D eigenvalue weighted by Gasteiger charge is 2.33. The second kappa shape index (κ2) is 5.30. The number of hydrogen-bond donors (Lipinski definition) is 0. The van der Waals surface area contributed by atoms with Crippen molar-refractivity contribution in [1.29, 1.82) is 0 Å². The van der Waals surface area contributed by atoms with Crippen molar-refractivity contribution in [2.24, 2.45) is 0 Å². The molecule has 1 aromatic carbocycles. The summed E-state index contributed by atoms with van der Waals surface area (Å²) in [5, 5.41) is 0. The van der Waals surface area contributed by atoms with Crippen LogP contribution in [0.3, 0.4) is 0 Å². The Hall–Kier alpha value is -2.04. The Morgan fingerprint density at radius 3 is 2.42 bits per heavy atom. The number of nitrogens with zero attached hydrogens (tertiary/aromatic N) is 1. The summed E-state index contributed by atoms with van der Waals surface area (Å²) in [4.78, 5) is 3.98. The van der Waals surface area contributed by atoms with Crippen molar-refractivity contribution in [3.8, 4) is 17.0 Å². The zero-order valence-electron chi connectivity index (χ0n) is 10.2. The van der Waals surface area contributed by atoms with E-state index in [1.54, 1.807) is 18.2 Å². The van der Waals surface area contributed by atoms with Crippen LogP contribution in [0.2, 0.25) is 0 Å². The van der Waals surface area contributed by atoms with Gasteiger partial charge in [0.1, 0.15) is 0 Å². The molecule has 0 fully saturated rings. The van der Waals surface area contributed by atoms with Gasteiger partial charge in [-0.25, -0.2) is 4.98 Å². The molecule has 0 unspecified atom stereocenters. The molecule has 2 rings (SSSR count). The summed E-state index contributed by atoms with van der Waals surface area (Å²) in [6.07, 6.45) is -3.00. The minimum atomic E-state index is -4.38. The number of benzene rings is 1. The molecule has 0 saturated heterocycles. The van der Waals surface area contributed by atoms with E-state index in [0.29, 0.717) is 18.1 Å². The van der Waals surface area contributed by atoms with Gasteiger partial charge < -0.3 is 4.74 Å². The molecule has 2 nitrogen and oxygen atoms in total. The van der Waals surface area contributed by atoms with Crippen LogP contribution in [0.5, 0.6) is 5.88 Å². The first-order chi connectivity index (χ1) is 9.02. The van der Waals surface area contributed by atoms with Crippen LogP contribution in [0.4, 0.5) is 13.2 Å². The molecule has 0 atom stereocenters. The van der Waals surface area contributed by atoms with Crippen molar-refractivity contribution >= 4 is 0 Å². The monoisotopic (exact) mass is 267 g/mol. The largest absolute Gasteiger partial charge is 0.478 e. The van der Waals surface area contributed by atoms with Crippen LogP contribution in [-0.2, 0) is 6.18 Å². The normalized spacial score (nSPS) is 11.4. The maximum atomic E-state index is 12.9. The molecule has 100 valence electrons. The number of ether oxygens (including phenoxy) is 1. The van der Waals surface area contributed by atoms with Gasteiger partial charge >= 0.3 is 6.18 Å². The molecular weight excluding hydrogens is 255 g/mol. The first-order valence-corrected chi connectivity index (χ1v) is 5.78. The smallest absolute Gasteiger partial charge is 0.417 e. The van der Waals surface area contributed by atoms with Gasteiger partial charge in [-0.2, -0.15) is 13.2 Å². The standard InChI is InChI=1S/C14H12F3NO/c1-2-19-13-8-7-10(9-18-13)11-5-3-4-6-12(11)14(15,16)17/h3-9H,2H2,1H3. The molecule has 0 aliphatic carbocycles. The number of rotatable bonds is 3. The van der Waals surface area contributed by atoms with Gasteiger partial charge in [0.15, 0.2) is 0 Å².